The van der Waals surface area contributed by atoms with Crippen LogP contribution in [0.4, 0.5) is 0 Å². The zero-order valence-corrected chi connectivity index (χ0v) is 13.4. The van der Waals surface area contributed by atoms with E-state index in [1.807, 2.05) is 0 Å². The summed E-state index contributed by atoms with van der Waals surface area (Å²) in [5.41, 5.74) is 0. The van der Waals surface area contributed by atoms with Crippen molar-refractivity contribution in [2.24, 2.45) is 0 Å². The minimum atomic E-state index is -3.73. The zero-order chi connectivity index (χ0) is 14.9. The van der Waals surface area contributed by atoms with Gasteiger partial charge >= 0.3 is 5.97 Å². The number of aromatic carboxylic acids is 1. The van der Waals surface area contributed by atoms with Crippen molar-refractivity contribution >= 4 is 50.3 Å². The molecule has 0 aromatic carbocycles. The van der Waals surface area contributed by atoms with Gasteiger partial charge in [0.25, 0.3) is 0 Å². The summed E-state index contributed by atoms with van der Waals surface area (Å²) in [7, 11) is -3.73. The Hall–Kier alpha value is -0.930. The molecule has 0 fully saturated rings. The van der Waals surface area contributed by atoms with E-state index in [2.05, 4.69) is 4.72 Å². The van der Waals surface area contributed by atoms with Gasteiger partial charge < -0.3 is 5.11 Å². The molecule has 0 spiro atoms. The summed E-state index contributed by atoms with van der Waals surface area (Å²) in [6.45, 7) is 1.70. The van der Waals surface area contributed by atoms with Crippen molar-refractivity contribution in [3.05, 3.63) is 37.2 Å². The molecule has 0 amide bonds. The first-order valence-corrected chi connectivity index (χ1v) is 8.86. The van der Waals surface area contributed by atoms with Gasteiger partial charge in [-0.3, -0.25) is 0 Å². The Balaban J connectivity index is 2.20. The highest BCUT2D eigenvalue weighted by atomic mass is 35.5. The lowest BCUT2D eigenvalue weighted by Crippen LogP contribution is -2.22. The van der Waals surface area contributed by atoms with E-state index in [9.17, 15) is 13.2 Å². The van der Waals surface area contributed by atoms with E-state index < -0.39 is 16.0 Å². The highest BCUT2D eigenvalue weighted by Gasteiger charge is 2.22. The largest absolute Gasteiger partial charge is 0.477 e. The second-order valence-corrected chi connectivity index (χ2v) is 8.66. The molecular formula is C11H10ClNO4S3. The Kier molecular flexibility index (Phi) is 4.50. The van der Waals surface area contributed by atoms with Crippen LogP contribution in [0.1, 0.15) is 19.4 Å². The molecule has 9 heteroatoms. The maximum atomic E-state index is 12.1. The molecule has 0 aliphatic carbocycles. The summed E-state index contributed by atoms with van der Waals surface area (Å²) in [6, 6.07) is 4.60. The van der Waals surface area contributed by atoms with Gasteiger partial charge in [-0.05, 0) is 25.1 Å². The molecule has 0 aliphatic heterocycles. The molecule has 0 atom stereocenters. The summed E-state index contributed by atoms with van der Waals surface area (Å²) in [5.74, 6) is -1.13. The van der Waals surface area contributed by atoms with Crippen molar-refractivity contribution in [1.29, 1.82) is 0 Å². The molecule has 108 valence electrons. The van der Waals surface area contributed by atoms with Crippen LogP contribution in [0.5, 0.6) is 0 Å². The van der Waals surface area contributed by atoms with Crippen LogP contribution in [0, 0.1) is 6.92 Å². The minimum Gasteiger partial charge on any atom is -0.477 e. The van der Waals surface area contributed by atoms with Crippen molar-refractivity contribution in [1.82, 2.24) is 4.72 Å². The Morgan fingerprint density at radius 2 is 2.10 bits per heavy atom. The lowest BCUT2D eigenvalue weighted by Gasteiger charge is -2.04. The van der Waals surface area contributed by atoms with E-state index in [-0.39, 0.29) is 16.3 Å². The first-order chi connectivity index (χ1) is 9.29. The Morgan fingerprint density at radius 1 is 1.40 bits per heavy atom. The third-order valence-electron chi connectivity index (χ3n) is 2.44. The first-order valence-electron chi connectivity index (χ1n) is 5.37. The van der Waals surface area contributed by atoms with Crippen LogP contribution >= 0.6 is 34.3 Å². The van der Waals surface area contributed by atoms with Gasteiger partial charge in [-0.1, -0.05) is 11.6 Å². The van der Waals surface area contributed by atoms with Crippen molar-refractivity contribution in [2.75, 3.05) is 0 Å². The number of sulfonamides is 1. The third kappa shape index (κ3) is 3.39. The predicted molar refractivity (Wildman–Crippen MR) is 79.4 cm³/mol. The monoisotopic (exact) mass is 351 g/mol. The van der Waals surface area contributed by atoms with E-state index >= 15 is 0 Å². The van der Waals surface area contributed by atoms with Crippen LogP contribution in [0.15, 0.2) is 23.1 Å². The fourth-order valence-electron chi connectivity index (χ4n) is 1.53. The Morgan fingerprint density at radius 3 is 2.60 bits per heavy atom. The predicted octanol–water partition coefficient (Wildman–Crippen LogP) is 2.95. The second-order valence-electron chi connectivity index (χ2n) is 3.87. The average Bonchev–Trinajstić information content (AvgIpc) is 2.93. The molecule has 2 aromatic rings. The molecule has 0 bridgehead atoms. The minimum absolute atomic E-state index is 0.00189. The van der Waals surface area contributed by atoms with Crippen LogP contribution in [0.2, 0.25) is 4.34 Å². The zero-order valence-electron chi connectivity index (χ0n) is 10.2. The molecule has 0 saturated carbocycles. The summed E-state index contributed by atoms with van der Waals surface area (Å²) < 4.78 is 27.3. The molecule has 2 N–H and O–H groups in total. The smallest absolute Gasteiger partial charge is 0.345 e. The van der Waals surface area contributed by atoms with Gasteiger partial charge in [0.2, 0.25) is 10.0 Å². The number of carbonyl (C=O) groups is 1. The van der Waals surface area contributed by atoms with Crippen molar-refractivity contribution < 1.29 is 18.3 Å². The maximum Gasteiger partial charge on any atom is 0.345 e. The van der Waals surface area contributed by atoms with Gasteiger partial charge in [-0.2, -0.15) is 0 Å². The molecule has 0 saturated heterocycles. The number of hydrogen-bond acceptors (Lipinski definition) is 5. The fourth-order valence-corrected chi connectivity index (χ4v) is 5.08. The topological polar surface area (TPSA) is 83.5 Å². The summed E-state index contributed by atoms with van der Waals surface area (Å²) in [6.07, 6.45) is 0. The van der Waals surface area contributed by atoms with E-state index in [1.165, 1.54) is 17.4 Å². The molecule has 0 aliphatic rings. The SMILES string of the molecule is Cc1sc(C(=O)O)cc1S(=O)(=O)NCc1ccc(Cl)s1. The molecule has 0 radical (unpaired) electrons. The number of thiophene rings is 2. The molecular weight excluding hydrogens is 342 g/mol. The lowest BCUT2D eigenvalue weighted by molar-refractivity contribution is 0.0702. The van der Waals surface area contributed by atoms with Crippen molar-refractivity contribution in [3.63, 3.8) is 0 Å². The normalized spacial score (nSPS) is 11.7. The Labute approximate surface area is 128 Å². The summed E-state index contributed by atoms with van der Waals surface area (Å²) in [5, 5.41) is 8.88. The van der Waals surface area contributed by atoms with Crippen LogP contribution in [-0.4, -0.2) is 19.5 Å². The van der Waals surface area contributed by atoms with Crippen molar-refractivity contribution in [2.45, 2.75) is 18.4 Å². The lowest BCUT2D eigenvalue weighted by atomic mass is 10.4. The second kappa shape index (κ2) is 5.82. The molecule has 2 heterocycles. The van der Waals surface area contributed by atoms with Crippen LogP contribution in [0.25, 0.3) is 0 Å². The van der Waals surface area contributed by atoms with Gasteiger partial charge in [-0.25, -0.2) is 17.9 Å². The van der Waals surface area contributed by atoms with Gasteiger partial charge in [0.1, 0.15) is 4.88 Å². The Bertz CT molecular complexity index is 748. The number of nitrogens with one attached hydrogen (secondary N) is 1. The fraction of sp³-hybridized carbons (Fsp3) is 0.182. The molecule has 5 nitrogen and oxygen atoms in total. The maximum absolute atomic E-state index is 12.1. The summed E-state index contributed by atoms with van der Waals surface area (Å²) >= 11 is 7.99. The average molecular weight is 352 g/mol. The van der Waals surface area contributed by atoms with E-state index in [0.717, 1.165) is 16.2 Å². The number of rotatable bonds is 5. The third-order valence-corrected chi connectivity index (χ3v) is 6.36. The standard InChI is InChI=1S/C11H10ClNO4S3/c1-6-9(4-8(18-6)11(14)15)20(16,17)13-5-7-2-3-10(12)19-7/h2-4,13H,5H2,1H3,(H,14,15). The van der Waals surface area contributed by atoms with Gasteiger partial charge in [0.05, 0.1) is 9.23 Å². The van der Waals surface area contributed by atoms with Crippen LogP contribution < -0.4 is 4.72 Å². The van der Waals surface area contributed by atoms with E-state index in [1.54, 1.807) is 19.1 Å². The molecule has 2 aromatic heterocycles. The van der Waals surface area contributed by atoms with Crippen LogP contribution in [0.3, 0.4) is 0 Å². The van der Waals surface area contributed by atoms with Crippen LogP contribution in [-0.2, 0) is 16.6 Å². The van der Waals surface area contributed by atoms with E-state index in [0.29, 0.717) is 9.21 Å². The molecule has 0 unspecified atom stereocenters. The van der Waals surface area contributed by atoms with Gasteiger partial charge in [0.15, 0.2) is 0 Å². The van der Waals surface area contributed by atoms with E-state index in [4.69, 9.17) is 16.7 Å². The first kappa shape index (κ1) is 15.5. The number of carboxylic acids is 1. The molecule has 20 heavy (non-hydrogen) atoms. The quantitative estimate of drug-likeness (QED) is 0.867. The highest BCUT2D eigenvalue weighted by Crippen LogP contribution is 2.26. The van der Waals surface area contributed by atoms with Gasteiger partial charge in [0, 0.05) is 16.3 Å². The molecule has 2 rings (SSSR count). The van der Waals surface area contributed by atoms with Gasteiger partial charge in [-0.15, -0.1) is 22.7 Å². The highest BCUT2D eigenvalue weighted by molar-refractivity contribution is 7.89. The number of hydrogen-bond donors (Lipinski definition) is 2. The number of halogens is 1. The van der Waals surface area contributed by atoms with Crippen molar-refractivity contribution in [3.8, 4) is 0 Å². The number of carboxylic acid groups (broad SMARTS) is 1. The number of aryl methyl sites for hydroxylation is 1. The summed E-state index contributed by atoms with van der Waals surface area (Å²) in [4.78, 5) is 12.1.